The first-order valence-corrected chi connectivity index (χ1v) is 6.88. The zero-order valence-electron chi connectivity index (χ0n) is 12.0. The smallest absolute Gasteiger partial charge is 0.146 e. The normalized spacial score (nSPS) is 11.9. The third-order valence-corrected chi connectivity index (χ3v) is 3.47. The number of hydrogen-bond acceptors (Lipinski definition) is 4. The van der Waals surface area contributed by atoms with Crippen LogP contribution in [-0.2, 0) is 6.61 Å². The minimum Gasteiger partial charge on any atom is -0.488 e. The molecule has 4 heteroatoms. The Morgan fingerprint density at radius 3 is 2.80 bits per heavy atom. The highest BCUT2D eigenvalue weighted by molar-refractivity contribution is 5.43. The minimum atomic E-state index is 0.445. The summed E-state index contributed by atoms with van der Waals surface area (Å²) in [4.78, 5) is 4.17. The number of ether oxygens (including phenoxy) is 1. The lowest BCUT2D eigenvalue weighted by Gasteiger charge is -2.16. The van der Waals surface area contributed by atoms with Gasteiger partial charge in [-0.3, -0.25) is 0 Å². The van der Waals surface area contributed by atoms with Crippen molar-refractivity contribution in [3.05, 3.63) is 53.7 Å². The maximum Gasteiger partial charge on any atom is 0.146 e. The van der Waals surface area contributed by atoms with Crippen LogP contribution in [0.1, 0.15) is 37.3 Å². The molecule has 0 aliphatic rings. The van der Waals surface area contributed by atoms with Crippen molar-refractivity contribution in [1.82, 2.24) is 4.98 Å². The summed E-state index contributed by atoms with van der Waals surface area (Å²) < 4.78 is 5.95. The van der Waals surface area contributed by atoms with Crippen molar-refractivity contribution in [2.24, 2.45) is 5.84 Å². The number of nitrogens with two attached hydrogens (primary N) is 1. The number of hydrazine groups is 1. The first-order valence-electron chi connectivity index (χ1n) is 6.88. The monoisotopic (exact) mass is 271 g/mol. The van der Waals surface area contributed by atoms with Crippen LogP contribution in [0.5, 0.6) is 5.75 Å². The second-order valence-electron chi connectivity index (χ2n) is 4.79. The second kappa shape index (κ2) is 6.91. The Morgan fingerprint density at radius 1 is 1.25 bits per heavy atom. The lowest BCUT2D eigenvalue weighted by atomic mass is 9.98. The third kappa shape index (κ3) is 3.27. The van der Waals surface area contributed by atoms with Gasteiger partial charge in [-0.05, 0) is 30.0 Å². The molecule has 1 unspecified atom stereocenters. The van der Waals surface area contributed by atoms with Crippen LogP contribution < -0.4 is 16.0 Å². The van der Waals surface area contributed by atoms with E-state index in [0.29, 0.717) is 18.3 Å². The Kier molecular flexibility index (Phi) is 4.96. The van der Waals surface area contributed by atoms with Crippen molar-refractivity contribution in [3.63, 3.8) is 0 Å². The molecule has 4 nitrogen and oxygen atoms in total. The van der Waals surface area contributed by atoms with Gasteiger partial charge in [0.2, 0.25) is 0 Å². The molecule has 0 fully saturated rings. The fourth-order valence-electron chi connectivity index (χ4n) is 2.08. The van der Waals surface area contributed by atoms with Crippen LogP contribution >= 0.6 is 0 Å². The van der Waals surface area contributed by atoms with Gasteiger partial charge in [-0.2, -0.15) is 0 Å². The van der Waals surface area contributed by atoms with Gasteiger partial charge in [0.1, 0.15) is 18.2 Å². The summed E-state index contributed by atoms with van der Waals surface area (Å²) >= 11 is 0. The van der Waals surface area contributed by atoms with Crippen molar-refractivity contribution in [2.45, 2.75) is 32.8 Å². The summed E-state index contributed by atoms with van der Waals surface area (Å²) in [5, 5.41) is 0. The van der Waals surface area contributed by atoms with Gasteiger partial charge in [0, 0.05) is 11.8 Å². The van der Waals surface area contributed by atoms with E-state index in [9.17, 15) is 0 Å². The number of nitrogen functional groups attached to an aromatic ring is 1. The quantitative estimate of drug-likeness (QED) is 0.624. The van der Waals surface area contributed by atoms with Gasteiger partial charge >= 0.3 is 0 Å². The molecule has 20 heavy (non-hydrogen) atoms. The largest absolute Gasteiger partial charge is 0.488 e. The average Bonchev–Trinajstić information content (AvgIpc) is 2.52. The molecule has 0 bridgehead atoms. The van der Waals surface area contributed by atoms with Crippen molar-refractivity contribution in [2.75, 3.05) is 5.43 Å². The number of nitrogens with one attached hydrogen (secondary N) is 1. The van der Waals surface area contributed by atoms with E-state index in [1.807, 2.05) is 30.3 Å². The molecule has 2 rings (SSSR count). The summed E-state index contributed by atoms with van der Waals surface area (Å²) in [5.41, 5.74) is 4.77. The predicted molar refractivity (Wildman–Crippen MR) is 81.5 cm³/mol. The highest BCUT2D eigenvalue weighted by atomic mass is 16.5. The van der Waals surface area contributed by atoms with E-state index in [0.717, 1.165) is 17.7 Å². The fraction of sp³-hybridized carbons (Fsp3) is 0.312. The Hall–Kier alpha value is -2.07. The maximum atomic E-state index is 5.95. The Balaban J connectivity index is 2.15. The molecule has 1 aromatic heterocycles. The zero-order valence-corrected chi connectivity index (χ0v) is 12.0. The summed E-state index contributed by atoms with van der Waals surface area (Å²) in [6, 6.07) is 12.0. The Labute approximate surface area is 120 Å². The van der Waals surface area contributed by atoms with E-state index in [4.69, 9.17) is 10.6 Å². The van der Waals surface area contributed by atoms with Crippen molar-refractivity contribution in [3.8, 4) is 5.75 Å². The van der Waals surface area contributed by atoms with Gasteiger partial charge < -0.3 is 10.2 Å². The molecular formula is C16H21N3O. The topological polar surface area (TPSA) is 60.2 Å². The molecule has 0 radical (unpaired) electrons. The zero-order chi connectivity index (χ0) is 14.4. The lowest BCUT2D eigenvalue weighted by molar-refractivity contribution is 0.301. The number of benzene rings is 1. The van der Waals surface area contributed by atoms with Crippen molar-refractivity contribution in [1.29, 1.82) is 0 Å². The second-order valence-corrected chi connectivity index (χ2v) is 4.79. The molecule has 0 spiro atoms. The van der Waals surface area contributed by atoms with Crippen molar-refractivity contribution < 1.29 is 4.74 Å². The SMILES string of the molecule is CCC(C)c1ccccc1OCc1cccnc1NN. The Bertz CT molecular complexity index is 557. The third-order valence-electron chi connectivity index (χ3n) is 3.47. The molecular weight excluding hydrogens is 250 g/mol. The molecule has 106 valence electrons. The van der Waals surface area contributed by atoms with Gasteiger partial charge in [-0.15, -0.1) is 0 Å². The number of anilines is 1. The lowest BCUT2D eigenvalue weighted by Crippen LogP contribution is -2.12. The summed E-state index contributed by atoms with van der Waals surface area (Å²) in [6.45, 7) is 4.83. The van der Waals surface area contributed by atoms with Crippen LogP contribution in [0.15, 0.2) is 42.6 Å². The van der Waals surface area contributed by atoms with Gasteiger partial charge in [0.05, 0.1) is 0 Å². The molecule has 1 heterocycles. The Morgan fingerprint density at radius 2 is 2.05 bits per heavy atom. The molecule has 0 saturated carbocycles. The van der Waals surface area contributed by atoms with E-state index in [-0.39, 0.29) is 0 Å². The average molecular weight is 271 g/mol. The summed E-state index contributed by atoms with van der Waals surface area (Å²) in [5.74, 6) is 7.50. The number of hydrogen-bond donors (Lipinski definition) is 2. The van der Waals surface area contributed by atoms with Crippen LogP contribution in [0, 0.1) is 0 Å². The van der Waals surface area contributed by atoms with E-state index in [1.54, 1.807) is 6.20 Å². The minimum absolute atomic E-state index is 0.445. The molecule has 1 aromatic carbocycles. The van der Waals surface area contributed by atoms with Crippen LogP contribution in [0.4, 0.5) is 5.82 Å². The number of rotatable bonds is 6. The molecule has 0 aliphatic carbocycles. The van der Waals surface area contributed by atoms with E-state index < -0.39 is 0 Å². The van der Waals surface area contributed by atoms with E-state index >= 15 is 0 Å². The number of para-hydroxylation sites is 1. The standard InChI is InChI=1S/C16H21N3O/c1-3-12(2)14-8-4-5-9-15(14)20-11-13-7-6-10-18-16(13)19-17/h4-10,12H,3,11,17H2,1-2H3,(H,18,19). The van der Waals surface area contributed by atoms with Gasteiger partial charge in [0.15, 0.2) is 0 Å². The number of nitrogens with zero attached hydrogens (tertiary/aromatic N) is 1. The van der Waals surface area contributed by atoms with Crippen LogP contribution in [-0.4, -0.2) is 4.98 Å². The highest BCUT2D eigenvalue weighted by Crippen LogP contribution is 2.29. The fourth-order valence-corrected chi connectivity index (χ4v) is 2.08. The molecule has 3 N–H and O–H groups in total. The molecule has 0 amide bonds. The summed E-state index contributed by atoms with van der Waals surface area (Å²) in [6.07, 6.45) is 2.79. The van der Waals surface area contributed by atoms with Gasteiger partial charge in [-0.25, -0.2) is 10.8 Å². The van der Waals surface area contributed by atoms with Gasteiger partial charge in [0.25, 0.3) is 0 Å². The van der Waals surface area contributed by atoms with E-state index in [2.05, 4.69) is 30.3 Å². The maximum absolute atomic E-state index is 5.95. The molecule has 0 saturated heterocycles. The predicted octanol–water partition coefficient (Wildman–Crippen LogP) is 3.46. The number of pyridine rings is 1. The first kappa shape index (κ1) is 14.3. The van der Waals surface area contributed by atoms with Crippen LogP contribution in [0.3, 0.4) is 0 Å². The van der Waals surface area contributed by atoms with Crippen LogP contribution in [0.2, 0.25) is 0 Å². The van der Waals surface area contributed by atoms with Gasteiger partial charge in [-0.1, -0.05) is 38.1 Å². The molecule has 2 aromatic rings. The molecule has 1 atom stereocenters. The van der Waals surface area contributed by atoms with E-state index in [1.165, 1.54) is 5.56 Å². The highest BCUT2D eigenvalue weighted by Gasteiger charge is 2.10. The van der Waals surface area contributed by atoms with Crippen molar-refractivity contribution >= 4 is 5.82 Å². The molecule has 0 aliphatic heterocycles. The summed E-state index contributed by atoms with van der Waals surface area (Å²) in [7, 11) is 0. The number of aromatic nitrogens is 1. The first-order chi connectivity index (χ1) is 9.76. The van der Waals surface area contributed by atoms with Crippen LogP contribution in [0.25, 0.3) is 0 Å².